The minimum atomic E-state index is -0.349. The summed E-state index contributed by atoms with van der Waals surface area (Å²) in [6, 6.07) is 5.02. The van der Waals surface area contributed by atoms with E-state index in [0.29, 0.717) is 0 Å². The summed E-state index contributed by atoms with van der Waals surface area (Å²) in [7, 11) is 0. The molecule has 0 aromatic heterocycles. The molecule has 0 N–H and O–H groups in total. The molecule has 1 aromatic carbocycles. The fourth-order valence-electron chi connectivity index (χ4n) is 1.53. The van der Waals surface area contributed by atoms with Gasteiger partial charge in [-0.05, 0) is 30.0 Å². The molecule has 66 valence electrons. The molecule has 0 saturated carbocycles. The van der Waals surface area contributed by atoms with E-state index in [1.807, 2.05) is 12.1 Å². The van der Waals surface area contributed by atoms with Crippen molar-refractivity contribution < 1.29 is 4.92 Å². The Hall–Kier alpha value is -1.64. The van der Waals surface area contributed by atoms with Crippen molar-refractivity contribution in [3.05, 3.63) is 45.5 Å². The van der Waals surface area contributed by atoms with Gasteiger partial charge in [0.2, 0.25) is 0 Å². The highest BCUT2D eigenvalue weighted by atomic mass is 16.6. The number of aryl methyl sites for hydroxylation is 1. The van der Waals surface area contributed by atoms with Crippen LogP contribution in [-0.2, 0) is 6.42 Å². The first-order chi connectivity index (χ1) is 6.27. The number of rotatable bonds is 1. The van der Waals surface area contributed by atoms with Gasteiger partial charge in [-0.25, -0.2) is 0 Å². The molecule has 1 aliphatic carbocycles. The van der Waals surface area contributed by atoms with Crippen LogP contribution in [-0.4, -0.2) is 4.92 Å². The van der Waals surface area contributed by atoms with Gasteiger partial charge in [0.05, 0.1) is 4.92 Å². The molecule has 0 aliphatic heterocycles. The maximum atomic E-state index is 10.5. The fraction of sp³-hybridized carbons (Fsp3) is 0.200. The van der Waals surface area contributed by atoms with E-state index in [1.54, 1.807) is 12.1 Å². The predicted molar refractivity (Wildman–Crippen MR) is 50.5 cm³/mol. The van der Waals surface area contributed by atoms with Crippen LogP contribution < -0.4 is 0 Å². The van der Waals surface area contributed by atoms with Crippen molar-refractivity contribution in [2.24, 2.45) is 0 Å². The van der Waals surface area contributed by atoms with Gasteiger partial charge in [-0.3, -0.25) is 10.1 Å². The number of nitro benzene ring substituents is 1. The molecular weight excluding hydrogens is 166 g/mol. The largest absolute Gasteiger partial charge is 0.269 e. The third-order valence-corrected chi connectivity index (χ3v) is 2.22. The Morgan fingerprint density at radius 2 is 2.23 bits per heavy atom. The SMILES string of the molecule is O=[N+]([O-])c1ccc2c(c1)CCC=C2. The summed E-state index contributed by atoms with van der Waals surface area (Å²) < 4.78 is 0. The van der Waals surface area contributed by atoms with Crippen LogP contribution >= 0.6 is 0 Å². The zero-order valence-corrected chi connectivity index (χ0v) is 7.06. The van der Waals surface area contributed by atoms with Crippen LogP contribution in [0.2, 0.25) is 0 Å². The summed E-state index contributed by atoms with van der Waals surface area (Å²) in [4.78, 5) is 10.1. The van der Waals surface area contributed by atoms with E-state index in [9.17, 15) is 10.1 Å². The lowest BCUT2D eigenvalue weighted by Crippen LogP contribution is -1.96. The molecule has 0 atom stereocenters. The number of hydrogen-bond acceptors (Lipinski definition) is 2. The normalized spacial score (nSPS) is 13.8. The van der Waals surface area contributed by atoms with Crippen molar-refractivity contribution in [2.45, 2.75) is 12.8 Å². The standard InChI is InChI=1S/C10H9NO2/c12-11(13)10-6-5-8-3-1-2-4-9(8)7-10/h1,3,5-7H,2,4H2. The summed E-state index contributed by atoms with van der Waals surface area (Å²) in [6.07, 6.45) is 6.00. The molecule has 0 heterocycles. The summed E-state index contributed by atoms with van der Waals surface area (Å²) >= 11 is 0. The molecule has 2 rings (SSSR count). The number of allylic oxidation sites excluding steroid dienone is 1. The van der Waals surface area contributed by atoms with Gasteiger partial charge >= 0.3 is 0 Å². The van der Waals surface area contributed by atoms with Crippen LogP contribution in [0.15, 0.2) is 24.3 Å². The first-order valence-corrected chi connectivity index (χ1v) is 4.21. The van der Waals surface area contributed by atoms with E-state index >= 15 is 0 Å². The topological polar surface area (TPSA) is 43.1 Å². The van der Waals surface area contributed by atoms with E-state index in [4.69, 9.17) is 0 Å². The second-order valence-corrected chi connectivity index (χ2v) is 3.08. The highest BCUT2D eigenvalue weighted by molar-refractivity contribution is 5.58. The Labute approximate surface area is 75.8 Å². The molecule has 3 nitrogen and oxygen atoms in total. The first-order valence-electron chi connectivity index (χ1n) is 4.21. The predicted octanol–water partition coefficient (Wildman–Crippen LogP) is 2.55. The zero-order chi connectivity index (χ0) is 9.26. The molecule has 0 fully saturated rings. The Morgan fingerprint density at radius 3 is 3.00 bits per heavy atom. The van der Waals surface area contributed by atoms with E-state index in [0.717, 1.165) is 24.0 Å². The molecule has 0 radical (unpaired) electrons. The van der Waals surface area contributed by atoms with Crippen molar-refractivity contribution in [2.75, 3.05) is 0 Å². The van der Waals surface area contributed by atoms with Crippen molar-refractivity contribution in [3.63, 3.8) is 0 Å². The highest BCUT2D eigenvalue weighted by Gasteiger charge is 2.10. The summed E-state index contributed by atoms with van der Waals surface area (Å²) in [5.74, 6) is 0. The number of nitrogens with zero attached hydrogens (tertiary/aromatic N) is 1. The lowest BCUT2D eigenvalue weighted by atomic mass is 9.97. The Kier molecular flexibility index (Phi) is 1.85. The van der Waals surface area contributed by atoms with Crippen molar-refractivity contribution >= 4 is 11.8 Å². The molecule has 0 spiro atoms. The van der Waals surface area contributed by atoms with E-state index in [1.165, 1.54) is 0 Å². The quantitative estimate of drug-likeness (QED) is 0.486. The number of non-ortho nitro benzene ring substituents is 1. The smallest absolute Gasteiger partial charge is 0.258 e. The van der Waals surface area contributed by atoms with Crippen molar-refractivity contribution in [1.29, 1.82) is 0 Å². The van der Waals surface area contributed by atoms with Gasteiger partial charge in [-0.2, -0.15) is 0 Å². The molecule has 0 bridgehead atoms. The average molecular weight is 175 g/mol. The Bertz CT molecular complexity index is 383. The van der Waals surface area contributed by atoms with Crippen LogP contribution in [0.25, 0.3) is 6.08 Å². The maximum Gasteiger partial charge on any atom is 0.269 e. The fourth-order valence-corrected chi connectivity index (χ4v) is 1.53. The minimum absolute atomic E-state index is 0.189. The van der Waals surface area contributed by atoms with Crippen molar-refractivity contribution in [1.82, 2.24) is 0 Å². The van der Waals surface area contributed by atoms with Crippen LogP contribution in [0.1, 0.15) is 17.5 Å². The molecule has 0 amide bonds. The Balaban J connectivity index is 2.48. The van der Waals surface area contributed by atoms with E-state index < -0.39 is 0 Å². The highest BCUT2D eigenvalue weighted by Crippen LogP contribution is 2.23. The second-order valence-electron chi connectivity index (χ2n) is 3.08. The van der Waals surface area contributed by atoms with Crippen LogP contribution in [0.3, 0.4) is 0 Å². The van der Waals surface area contributed by atoms with E-state index in [2.05, 4.69) is 6.08 Å². The molecule has 1 aromatic rings. The molecular formula is C10H9NO2. The number of benzene rings is 1. The number of fused-ring (bicyclic) bond motifs is 1. The number of hydrogen-bond donors (Lipinski definition) is 0. The third kappa shape index (κ3) is 1.45. The van der Waals surface area contributed by atoms with Crippen molar-refractivity contribution in [3.8, 4) is 0 Å². The maximum absolute atomic E-state index is 10.5. The van der Waals surface area contributed by atoms with Crippen LogP contribution in [0.4, 0.5) is 5.69 Å². The van der Waals surface area contributed by atoms with Gasteiger partial charge in [-0.15, -0.1) is 0 Å². The minimum Gasteiger partial charge on any atom is -0.258 e. The molecule has 0 unspecified atom stereocenters. The lowest BCUT2D eigenvalue weighted by molar-refractivity contribution is -0.384. The second kappa shape index (κ2) is 3.01. The van der Waals surface area contributed by atoms with Crippen LogP contribution in [0, 0.1) is 10.1 Å². The molecule has 13 heavy (non-hydrogen) atoms. The lowest BCUT2D eigenvalue weighted by Gasteiger charge is -2.08. The van der Waals surface area contributed by atoms with E-state index in [-0.39, 0.29) is 10.6 Å². The van der Waals surface area contributed by atoms with Gasteiger partial charge in [0, 0.05) is 12.1 Å². The van der Waals surface area contributed by atoms with Gasteiger partial charge in [0.1, 0.15) is 0 Å². The summed E-state index contributed by atoms with van der Waals surface area (Å²) in [5, 5.41) is 10.5. The Morgan fingerprint density at radius 1 is 1.38 bits per heavy atom. The first kappa shape index (κ1) is 7.98. The van der Waals surface area contributed by atoms with Gasteiger partial charge < -0.3 is 0 Å². The summed E-state index contributed by atoms with van der Waals surface area (Å²) in [5.41, 5.74) is 2.38. The van der Waals surface area contributed by atoms with Gasteiger partial charge in [0.15, 0.2) is 0 Å². The summed E-state index contributed by atoms with van der Waals surface area (Å²) in [6.45, 7) is 0. The molecule has 0 saturated heterocycles. The number of nitro groups is 1. The average Bonchev–Trinajstić information content (AvgIpc) is 2.17. The third-order valence-electron chi connectivity index (χ3n) is 2.22. The van der Waals surface area contributed by atoms with Crippen LogP contribution in [0.5, 0.6) is 0 Å². The van der Waals surface area contributed by atoms with Gasteiger partial charge in [-0.1, -0.05) is 12.2 Å². The molecule has 1 aliphatic rings. The van der Waals surface area contributed by atoms with Gasteiger partial charge in [0.25, 0.3) is 5.69 Å². The monoisotopic (exact) mass is 175 g/mol. The molecule has 3 heteroatoms. The zero-order valence-electron chi connectivity index (χ0n) is 7.06.